The molecule has 2 unspecified atom stereocenters. The molecule has 2 aromatic carbocycles. The molecule has 2 fully saturated rings. The van der Waals surface area contributed by atoms with Crippen LogP contribution in [0, 0.1) is 11.3 Å². The predicted octanol–water partition coefficient (Wildman–Crippen LogP) is 4.02. The molecule has 178 valence electrons. The van der Waals surface area contributed by atoms with Crippen molar-refractivity contribution >= 4 is 18.0 Å². The molecule has 0 aromatic heterocycles. The van der Waals surface area contributed by atoms with Crippen LogP contribution in [0.5, 0.6) is 0 Å². The monoisotopic (exact) mass is 462 g/mol. The molecular formula is C27H30N2O5. The van der Waals surface area contributed by atoms with E-state index in [1.54, 1.807) is 18.7 Å². The number of nitrogens with zero attached hydrogens (tertiary/aromatic N) is 1. The number of benzene rings is 2. The number of amides is 2. The normalized spacial score (nSPS) is 23.1. The van der Waals surface area contributed by atoms with Gasteiger partial charge in [0.1, 0.15) is 12.1 Å². The maximum Gasteiger partial charge on any atom is 0.408 e. The highest BCUT2D eigenvalue weighted by molar-refractivity contribution is 5.91. The molecule has 2 atom stereocenters. The summed E-state index contributed by atoms with van der Waals surface area (Å²) in [6, 6.07) is 16.3. The Kier molecular flexibility index (Phi) is 5.38. The van der Waals surface area contributed by atoms with Gasteiger partial charge in [-0.3, -0.25) is 9.59 Å². The van der Waals surface area contributed by atoms with Gasteiger partial charge in [-0.1, -0.05) is 48.5 Å². The van der Waals surface area contributed by atoms with Gasteiger partial charge in [-0.05, 0) is 61.3 Å². The Hall–Kier alpha value is -3.35. The van der Waals surface area contributed by atoms with Crippen LogP contribution in [-0.2, 0) is 14.3 Å². The number of carbonyl (C=O) groups excluding carboxylic acids is 2. The summed E-state index contributed by atoms with van der Waals surface area (Å²) in [7, 11) is 0. The molecule has 2 aliphatic carbocycles. The van der Waals surface area contributed by atoms with Crippen LogP contribution in [0.1, 0.15) is 50.2 Å². The summed E-state index contributed by atoms with van der Waals surface area (Å²) in [6.45, 7) is 4.10. The van der Waals surface area contributed by atoms with Gasteiger partial charge >= 0.3 is 12.1 Å². The Balaban J connectivity index is 1.28. The minimum absolute atomic E-state index is 0.0252. The second kappa shape index (κ2) is 8.15. The van der Waals surface area contributed by atoms with Crippen LogP contribution in [-0.4, -0.2) is 53.2 Å². The van der Waals surface area contributed by atoms with Crippen molar-refractivity contribution in [2.45, 2.75) is 44.6 Å². The first kappa shape index (κ1) is 22.4. The molecule has 7 nitrogen and oxygen atoms in total. The molecule has 1 saturated carbocycles. The van der Waals surface area contributed by atoms with E-state index in [1.165, 1.54) is 0 Å². The van der Waals surface area contributed by atoms with E-state index in [1.807, 2.05) is 24.3 Å². The van der Waals surface area contributed by atoms with Crippen LogP contribution < -0.4 is 5.32 Å². The van der Waals surface area contributed by atoms with Gasteiger partial charge in [0.25, 0.3) is 0 Å². The zero-order valence-corrected chi connectivity index (χ0v) is 19.5. The third-order valence-electron chi connectivity index (χ3n) is 7.82. The molecule has 2 amide bonds. The molecule has 2 N–H and O–H groups in total. The predicted molar refractivity (Wildman–Crippen MR) is 126 cm³/mol. The van der Waals surface area contributed by atoms with Gasteiger partial charge in [0, 0.05) is 19.0 Å². The van der Waals surface area contributed by atoms with Crippen LogP contribution in [0.2, 0.25) is 0 Å². The number of rotatable bonds is 6. The SMILES string of the molecule is CC1(C(=O)O)CCN(C(=O)C(C)(NC(=O)OCC2c3ccccc3-c3ccccc32)C2CC2)C1. The van der Waals surface area contributed by atoms with Crippen molar-refractivity contribution in [3.8, 4) is 11.1 Å². The van der Waals surface area contributed by atoms with Gasteiger partial charge < -0.3 is 20.1 Å². The fraction of sp³-hybridized carbons (Fsp3) is 0.444. The fourth-order valence-electron chi connectivity index (χ4n) is 5.47. The molecule has 5 rings (SSSR count). The smallest absolute Gasteiger partial charge is 0.408 e. The van der Waals surface area contributed by atoms with Crippen LogP contribution in [0.25, 0.3) is 11.1 Å². The van der Waals surface area contributed by atoms with Gasteiger partial charge in [-0.25, -0.2) is 4.79 Å². The van der Waals surface area contributed by atoms with Crippen molar-refractivity contribution in [1.29, 1.82) is 0 Å². The average Bonchev–Trinajstić information content (AvgIpc) is 3.54. The second-order valence-electron chi connectivity index (χ2n) is 10.3. The molecule has 34 heavy (non-hydrogen) atoms. The Labute approximate surface area is 199 Å². The second-order valence-corrected chi connectivity index (χ2v) is 10.3. The number of carbonyl (C=O) groups is 3. The number of alkyl carbamates (subject to hydrolysis) is 1. The van der Waals surface area contributed by atoms with Crippen molar-refractivity contribution in [2.24, 2.45) is 11.3 Å². The van der Waals surface area contributed by atoms with E-state index in [0.717, 1.165) is 35.1 Å². The maximum absolute atomic E-state index is 13.4. The molecule has 1 aliphatic heterocycles. The molecule has 0 spiro atoms. The summed E-state index contributed by atoms with van der Waals surface area (Å²) < 4.78 is 5.69. The Morgan fingerprint density at radius 1 is 1.09 bits per heavy atom. The van der Waals surface area contributed by atoms with Crippen molar-refractivity contribution < 1.29 is 24.2 Å². The van der Waals surface area contributed by atoms with E-state index in [9.17, 15) is 19.5 Å². The average molecular weight is 463 g/mol. The third-order valence-corrected chi connectivity index (χ3v) is 7.82. The van der Waals surface area contributed by atoms with Gasteiger partial charge in [0.05, 0.1) is 5.41 Å². The first-order valence-corrected chi connectivity index (χ1v) is 11.9. The molecular weight excluding hydrogens is 432 g/mol. The zero-order valence-electron chi connectivity index (χ0n) is 19.5. The lowest BCUT2D eigenvalue weighted by Gasteiger charge is -2.34. The Morgan fingerprint density at radius 2 is 1.68 bits per heavy atom. The number of carboxylic acid groups (broad SMARTS) is 1. The Morgan fingerprint density at radius 3 is 2.21 bits per heavy atom. The minimum Gasteiger partial charge on any atom is -0.481 e. The largest absolute Gasteiger partial charge is 0.481 e. The molecule has 1 saturated heterocycles. The van der Waals surface area contributed by atoms with E-state index in [2.05, 4.69) is 29.6 Å². The first-order valence-electron chi connectivity index (χ1n) is 11.9. The van der Waals surface area contributed by atoms with Gasteiger partial charge in [0.15, 0.2) is 0 Å². The number of nitrogens with one attached hydrogen (secondary N) is 1. The first-order chi connectivity index (χ1) is 16.2. The van der Waals surface area contributed by atoms with Crippen molar-refractivity contribution in [3.05, 3.63) is 59.7 Å². The minimum atomic E-state index is -1.10. The summed E-state index contributed by atoms with van der Waals surface area (Å²) >= 11 is 0. The summed E-state index contributed by atoms with van der Waals surface area (Å²) in [5, 5.41) is 12.4. The Bertz CT molecular complexity index is 1110. The lowest BCUT2D eigenvalue weighted by molar-refractivity contribution is -0.148. The number of hydrogen-bond donors (Lipinski definition) is 2. The van der Waals surface area contributed by atoms with E-state index in [0.29, 0.717) is 13.0 Å². The number of ether oxygens (including phenoxy) is 1. The number of likely N-dealkylation sites (tertiary alicyclic amines) is 1. The zero-order chi connectivity index (χ0) is 24.1. The lowest BCUT2D eigenvalue weighted by Crippen LogP contribution is -2.59. The molecule has 1 heterocycles. The molecule has 0 radical (unpaired) electrons. The number of carboxylic acids is 1. The summed E-state index contributed by atoms with van der Waals surface area (Å²) in [5.41, 5.74) is 2.50. The number of hydrogen-bond acceptors (Lipinski definition) is 4. The fourth-order valence-corrected chi connectivity index (χ4v) is 5.47. The van der Waals surface area contributed by atoms with Crippen LogP contribution in [0.3, 0.4) is 0 Å². The standard InChI is InChI=1S/C27H30N2O5/c1-26(24(31)32)13-14-29(16-26)23(30)27(2,17-11-12-17)28-25(33)34-15-22-20-9-5-3-7-18(20)19-8-4-6-10-21(19)22/h3-10,17,22H,11-16H2,1-2H3,(H,28,33)(H,31,32). The van der Waals surface area contributed by atoms with Gasteiger partial charge in [0.2, 0.25) is 5.91 Å². The summed E-state index contributed by atoms with van der Waals surface area (Å²) in [4.78, 5) is 39.6. The summed E-state index contributed by atoms with van der Waals surface area (Å²) in [6.07, 6.45) is 1.47. The lowest BCUT2D eigenvalue weighted by atomic mass is 9.90. The van der Waals surface area contributed by atoms with Crippen LogP contribution in [0.4, 0.5) is 4.79 Å². The van der Waals surface area contributed by atoms with Crippen LogP contribution in [0.15, 0.2) is 48.5 Å². The number of fused-ring (bicyclic) bond motifs is 3. The van der Waals surface area contributed by atoms with Crippen LogP contribution >= 0.6 is 0 Å². The molecule has 7 heteroatoms. The highest BCUT2D eigenvalue weighted by Gasteiger charge is 2.53. The van der Waals surface area contributed by atoms with Gasteiger partial charge in [-0.15, -0.1) is 0 Å². The van der Waals surface area contributed by atoms with E-state index in [-0.39, 0.29) is 30.9 Å². The van der Waals surface area contributed by atoms with Crippen molar-refractivity contribution in [1.82, 2.24) is 10.2 Å². The van der Waals surface area contributed by atoms with E-state index < -0.39 is 23.0 Å². The van der Waals surface area contributed by atoms with Crippen molar-refractivity contribution in [3.63, 3.8) is 0 Å². The topological polar surface area (TPSA) is 95.9 Å². The molecule has 3 aliphatic rings. The molecule has 0 bridgehead atoms. The van der Waals surface area contributed by atoms with Crippen molar-refractivity contribution in [2.75, 3.05) is 19.7 Å². The quantitative estimate of drug-likeness (QED) is 0.676. The van der Waals surface area contributed by atoms with E-state index in [4.69, 9.17) is 4.74 Å². The molecule has 2 aromatic rings. The summed E-state index contributed by atoms with van der Waals surface area (Å²) in [5.74, 6) is -1.16. The maximum atomic E-state index is 13.4. The van der Waals surface area contributed by atoms with Gasteiger partial charge in [-0.2, -0.15) is 0 Å². The third kappa shape index (κ3) is 3.73. The van der Waals surface area contributed by atoms with E-state index >= 15 is 0 Å². The highest BCUT2D eigenvalue weighted by atomic mass is 16.5. The number of aliphatic carboxylic acids is 1. The highest BCUT2D eigenvalue weighted by Crippen LogP contribution is 2.45.